The second-order valence-corrected chi connectivity index (χ2v) is 7.10. The first kappa shape index (κ1) is 11.0. The third-order valence-electron chi connectivity index (χ3n) is 5.50. The van der Waals surface area contributed by atoms with Crippen LogP contribution in [0.3, 0.4) is 0 Å². The molecule has 0 radical (unpaired) electrons. The molecule has 1 saturated carbocycles. The Labute approximate surface area is 98.7 Å². The number of rotatable bonds is 0. The Morgan fingerprint density at radius 2 is 1.81 bits per heavy atom. The molecule has 2 bridgehead atoms. The number of hydrogen-bond donors (Lipinski definition) is 0. The zero-order valence-corrected chi connectivity index (χ0v) is 11.2. The molecule has 3 fully saturated rings. The quantitative estimate of drug-likeness (QED) is 0.629. The van der Waals surface area contributed by atoms with Crippen molar-refractivity contribution in [3.05, 3.63) is 0 Å². The van der Waals surface area contributed by atoms with Gasteiger partial charge < -0.3 is 9.47 Å². The van der Waals surface area contributed by atoms with Crippen molar-refractivity contribution >= 4 is 0 Å². The minimum atomic E-state index is -0.0532. The minimum Gasteiger partial charge on any atom is -0.369 e. The fourth-order valence-corrected chi connectivity index (χ4v) is 5.00. The highest BCUT2D eigenvalue weighted by Crippen LogP contribution is 2.66. The Balaban J connectivity index is 2.13. The van der Waals surface area contributed by atoms with Gasteiger partial charge in [0.2, 0.25) is 0 Å². The van der Waals surface area contributed by atoms with Crippen LogP contribution >= 0.6 is 0 Å². The van der Waals surface area contributed by atoms with E-state index in [9.17, 15) is 0 Å². The van der Waals surface area contributed by atoms with Crippen molar-refractivity contribution in [3.63, 3.8) is 0 Å². The Kier molecular flexibility index (Phi) is 1.96. The van der Waals surface area contributed by atoms with Gasteiger partial charge in [-0.05, 0) is 25.2 Å². The maximum atomic E-state index is 6.46. The lowest BCUT2D eigenvalue weighted by molar-refractivity contribution is -0.241. The second-order valence-electron chi connectivity index (χ2n) is 7.10. The van der Waals surface area contributed by atoms with Gasteiger partial charge in [-0.1, -0.05) is 34.1 Å². The Hall–Kier alpha value is -0.0800. The van der Waals surface area contributed by atoms with Gasteiger partial charge in [0.25, 0.3) is 0 Å². The monoisotopic (exact) mass is 224 g/mol. The van der Waals surface area contributed by atoms with Crippen molar-refractivity contribution in [1.82, 2.24) is 0 Å². The summed E-state index contributed by atoms with van der Waals surface area (Å²) in [6.07, 6.45) is 4.58. The third kappa shape index (κ3) is 0.932. The lowest BCUT2D eigenvalue weighted by Gasteiger charge is -2.54. The van der Waals surface area contributed by atoms with Crippen molar-refractivity contribution < 1.29 is 9.47 Å². The normalized spacial score (nSPS) is 52.7. The highest BCUT2D eigenvalue weighted by molar-refractivity contribution is 5.22. The molecule has 0 aromatic heterocycles. The molecule has 3 rings (SSSR count). The van der Waals surface area contributed by atoms with Gasteiger partial charge in [0, 0.05) is 5.41 Å². The largest absolute Gasteiger partial charge is 0.369 e. The summed E-state index contributed by atoms with van der Waals surface area (Å²) < 4.78 is 12.8. The average Bonchev–Trinajstić information content (AvgIpc) is 2.49. The summed E-state index contributed by atoms with van der Waals surface area (Å²) >= 11 is 0. The molecule has 1 aliphatic carbocycles. The smallest absolute Gasteiger partial charge is 0.107 e. The zero-order valence-electron chi connectivity index (χ0n) is 11.2. The van der Waals surface area contributed by atoms with Crippen molar-refractivity contribution in [2.24, 2.45) is 10.8 Å². The van der Waals surface area contributed by atoms with Crippen LogP contribution in [-0.2, 0) is 9.47 Å². The van der Waals surface area contributed by atoms with Gasteiger partial charge in [-0.25, -0.2) is 0 Å². The first-order valence-corrected chi connectivity index (χ1v) is 6.66. The average molecular weight is 224 g/mol. The van der Waals surface area contributed by atoms with Crippen molar-refractivity contribution in [2.75, 3.05) is 0 Å². The van der Waals surface area contributed by atoms with Crippen LogP contribution < -0.4 is 0 Å². The molecule has 2 heteroatoms. The van der Waals surface area contributed by atoms with Crippen LogP contribution in [0.15, 0.2) is 0 Å². The first-order chi connectivity index (χ1) is 7.33. The van der Waals surface area contributed by atoms with E-state index in [4.69, 9.17) is 9.47 Å². The first-order valence-electron chi connectivity index (χ1n) is 6.66. The van der Waals surface area contributed by atoms with Gasteiger partial charge in [0.05, 0.1) is 18.3 Å². The Bertz CT molecular complexity index is 321. The molecule has 1 unspecified atom stereocenters. The molecule has 0 amide bonds. The van der Waals surface area contributed by atoms with E-state index >= 15 is 0 Å². The molecule has 16 heavy (non-hydrogen) atoms. The van der Waals surface area contributed by atoms with E-state index in [-0.39, 0.29) is 28.6 Å². The van der Waals surface area contributed by atoms with Crippen LogP contribution in [0.25, 0.3) is 0 Å². The van der Waals surface area contributed by atoms with E-state index < -0.39 is 0 Å². The van der Waals surface area contributed by atoms with Crippen LogP contribution in [0.5, 0.6) is 0 Å². The molecule has 2 nitrogen and oxygen atoms in total. The molecule has 0 N–H and O–H groups in total. The molecule has 2 aliphatic heterocycles. The lowest BCUT2D eigenvalue weighted by Crippen LogP contribution is -2.61. The van der Waals surface area contributed by atoms with Crippen molar-refractivity contribution in [2.45, 2.75) is 77.8 Å². The summed E-state index contributed by atoms with van der Waals surface area (Å²) in [6, 6.07) is 0. The predicted molar refractivity (Wildman–Crippen MR) is 63.4 cm³/mol. The summed E-state index contributed by atoms with van der Waals surface area (Å²) in [5.41, 5.74) is 0.336. The molecule has 92 valence electrons. The fraction of sp³-hybridized carbons (Fsp3) is 1.00. The van der Waals surface area contributed by atoms with Crippen LogP contribution in [-0.4, -0.2) is 23.9 Å². The van der Waals surface area contributed by atoms with Crippen LogP contribution in [0, 0.1) is 10.8 Å². The van der Waals surface area contributed by atoms with E-state index in [0.29, 0.717) is 6.10 Å². The molecule has 4 atom stereocenters. The summed E-state index contributed by atoms with van der Waals surface area (Å²) in [7, 11) is 0. The number of ether oxygens (including phenoxy) is 2. The topological polar surface area (TPSA) is 18.5 Å². The highest BCUT2D eigenvalue weighted by Gasteiger charge is 2.75. The van der Waals surface area contributed by atoms with Gasteiger partial charge >= 0.3 is 0 Å². The molecular formula is C14H24O2. The molecule has 0 aromatic rings. The van der Waals surface area contributed by atoms with E-state index in [2.05, 4.69) is 34.6 Å². The van der Waals surface area contributed by atoms with Crippen LogP contribution in [0.2, 0.25) is 0 Å². The minimum absolute atomic E-state index is 0.0532. The highest BCUT2D eigenvalue weighted by atomic mass is 16.6. The molecule has 1 spiro atoms. The molecule has 3 aliphatic rings. The van der Waals surface area contributed by atoms with Gasteiger partial charge in [-0.2, -0.15) is 0 Å². The van der Waals surface area contributed by atoms with E-state index in [1.54, 1.807) is 0 Å². The summed E-state index contributed by atoms with van der Waals surface area (Å²) in [6.45, 7) is 11.6. The SMILES string of the molecule is C[C@@H]1O[C@]23C(CCCC2(C)C)O[C@@H]1C3(C)C. The Morgan fingerprint density at radius 1 is 1.12 bits per heavy atom. The van der Waals surface area contributed by atoms with Gasteiger partial charge in [0.1, 0.15) is 5.60 Å². The van der Waals surface area contributed by atoms with Gasteiger partial charge in [0.15, 0.2) is 0 Å². The predicted octanol–water partition coefficient (Wildman–Crippen LogP) is 3.15. The van der Waals surface area contributed by atoms with E-state index in [1.165, 1.54) is 19.3 Å². The number of fused-ring (bicyclic) bond motifs is 1. The molecule has 2 heterocycles. The lowest BCUT2D eigenvalue weighted by atomic mass is 9.55. The third-order valence-corrected chi connectivity index (χ3v) is 5.50. The zero-order chi connectivity index (χ0) is 11.8. The molecular weight excluding hydrogens is 200 g/mol. The van der Waals surface area contributed by atoms with Crippen molar-refractivity contribution in [3.8, 4) is 0 Å². The summed E-state index contributed by atoms with van der Waals surface area (Å²) in [5, 5.41) is 0. The summed E-state index contributed by atoms with van der Waals surface area (Å²) in [5.74, 6) is 0. The second kappa shape index (κ2) is 2.84. The fourth-order valence-electron chi connectivity index (χ4n) is 5.00. The maximum Gasteiger partial charge on any atom is 0.107 e. The molecule has 0 aromatic carbocycles. The van der Waals surface area contributed by atoms with E-state index in [0.717, 1.165) is 0 Å². The van der Waals surface area contributed by atoms with Gasteiger partial charge in [-0.3, -0.25) is 0 Å². The van der Waals surface area contributed by atoms with Gasteiger partial charge in [-0.15, -0.1) is 0 Å². The van der Waals surface area contributed by atoms with Crippen LogP contribution in [0.4, 0.5) is 0 Å². The van der Waals surface area contributed by atoms with Crippen molar-refractivity contribution in [1.29, 1.82) is 0 Å². The standard InChI is InChI=1S/C14H24O2/c1-9-11-13(4,5)14(16-9)10(15-11)7-6-8-12(14,2)3/h9-11H,6-8H2,1-5H3/t9-,10?,11-,14+/m0/s1. The molecule has 2 saturated heterocycles. The van der Waals surface area contributed by atoms with Crippen LogP contribution in [0.1, 0.15) is 53.9 Å². The summed E-state index contributed by atoms with van der Waals surface area (Å²) in [4.78, 5) is 0. The maximum absolute atomic E-state index is 6.46. The number of hydrogen-bond acceptors (Lipinski definition) is 2. The van der Waals surface area contributed by atoms with E-state index in [1.807, 2.05) is 0 Å². The Morgan fingerprint density at radius 3 is 2.44 bits per heavy atom.